The van der Waals surface area contributed by atoms with E-state index < -0.39 is 0 Å². The van der Waals surface area contributed by atoms with E-state index >= 15 is 0 Å². The lowest BCUT2D eigenvalue weighted by molar-refractivity contribution is -0.120. The molecule has 2 aromatic rings. The van der Waals surface area contributed by atoms with Crippen LogP contribution in [0.3, 0.4) is 0 Å². The van der Waals surface area contributed by atoms with E-state index in [2.05, 4.69) is 10.5 Å². The number of thiophene rings is 1. The molecule has 0 fully saturated rings. The molecule has 6 heteroatoms. The minimum atomic E-state index is -0.274. The van der Waals surface area contributed by atoms with E-state index in [1.54, 1.807) is 0 Å². The molecule has 0 aliphatic heterocycles. The van der Waals surface area contributed by atoms with Gasteiger partial charge in [-0.3, -0.25) is 4.79 Å². The Morgan fingerprint density at radius 1 is 1.38 bits per heavy atom. The molecule has 1 heterocycles. The second kappa shape index (κ2) is 6.90. The van der Waals surface area contributed by atoms with Gasteiger partial charge < -0.3 is 15.9 Å². The van der Waals surface area contributed by atoms with Crippen LogP contribution < -0.4 is 11.1 Å². The Balaban J connectivity index is 1.86. The summed E-state index contributed by atoms with van der Waals surface area (Å²) in [6.45, 7) is 3.76. The van der Waals surface area contributed by atoms with Crippen molar-refractivity contribution in [2.75, 3.05) is 11.9 Å². The van der Waals surface area contributed by atoms with Gasteiger partial charge in [0.05, 0.1) is 0 Å². The number of amides is 1. The molecule has 21 heavy (non-hydrogen) atoms. The first-order valence-corrected chi connectivity index (χ1v) is 7.35. The maximum atomic E-state index is 11.8. The Kier molecular flexibility index (Phi) is 4.94. The van der Waals surface area contributed by atoms with Gasteiger partial charge in [0.1, 0.15) is 0 Å². The van der Waals surface area contributed by atoms with Crippen LogP contribution in [-0.2, 0) is 9.63 Å². The molecule has 1 amide bonds. The van der Waals surface area contributed by atoms with Crippen LogP contribution >= 0.6 is 11.3 Å². The van der Waals surface area contributed by atoms with E-state index in [1.165, 1.54) is 11.3 Å². The summed E-state index contributed by atoms with van der Waals surface area (Å²) < 4.78 is 0. The van der Waals surface area contributed by atoms with E-state index in [1.807, 2.05) is 48.9 Å². The monoisotopic (exact) mass is 303 g/mol. The summed E-state index contributed by atoms with van der Waals surface area (Å²) in [6, 6.07) is 7.65. The number of anilines is 1. The van der Waals surface area contributed by atoms with Gasteiger partial charge in [-0.05, 0) is 36.9 Å². The summed E-state index contributed by atoms with van der Waals surface area (Å²) in [5.74, 6) is -0.0145. The topological polar surface area (TPSA) is 76.7 Å². The van der Waals surface area contributed by atoms with E-state index in [-0.39, 0.29) is 18.3 Å². The average molecular weight is 303 g/mol. The largest absolute Gasteiger partial charge is 0.384 e. The summed E-state index contributed by atoms with van der Waals surface area (Å²) in [7, 11) is 0. The Labute approximate surface area is 127 Å². The number of rotatable bonds is 5. The number of hydrogen-bond acceptors (Lipinski definition) is 4. The normalized spacial score (nSPS) is 11.2. The summed E-state index contributed by atoms with van der Waals surface area (Å²) in [5.41, 5.74) is 9.43. The summed E-state index contributed by atoms with van der Waals surface area (Å²) in [5, 5.41) is 10.3. The molecule has 3 N–H and O–H groups in total. The maximum absolute atomic E-state index is 11.8. The fourth-order valence-electron chi connectivity index (χ4n) is 1.76. The van der Waals surface area contributed by atoms with Crippen LogP contribution in [0.2, 0.25) is 0 Å². The van der Waals surface area contributed by atoms with Crippen molar-refractivity contribution in [2.24, 2.45) is 10.9 Å². The van der Waals surface area contributed by atoms with Gasteiger partial charge in [-0.25, -0.2) is 0 Å². The van der Waals surface area contributed by atoms with Crippen molar-refractivity contribution < 1.29 is 9.63 Å². The SMILES string of the molecule is Cc1ccc(NC(=O)CO/N=C(/N)c2ccsc2)c(C)c1. The fraction of sp³-hybridized carbons (Fsp3) is 0.200. The molecule has 1 aromatic carbocycles. The summed E-state index contributed by atoms with van der Waals surface area (Å²) >= 11 is 1.52. The van der Waals surface area contributed by atoms with Gasteiger partial charge in [0.25, 0.3) is 5.91 Å². The molecule has 0 spiro atoms. The second-order valence-electron chi connectivity index (χ2n) is 4.63. The fourth-order valence-corrected chi connectivity index (χ4v) is 2.41. The molecule has 0 unspecified atom stereocenters. The molecule has 0 bridgehead atoms. The van der Waals surface area contributed by atoms with Gasteiger partial charge in [-0.2, -0.15) is 11.3 Å². The van der Waals surface area contributed by atoms with Crippen LogP contribution in [0.4, 0.5) is 5.69 Å². The number of carbonyl (C=O) groups is 1. The van der Waals surface area contributed by atoms with Gasteiger partial charge in [-0.15, -0.1) is 0 Å². The van der Waals surface area contributed by atoms with Crippen molar-refractivity contribution in [2.45, 2.75) is 13.8 Å². The Bertz CT molecular complexity index is 651. The quantitative estimate of drug-likeness (QED) is 0.506. The van der Waals surface area contributed by atoms with Crippen molar-refractivity contribution in [1.29, 1.82) is 0 Å². The van der Waals surface area contributed by atoms with Crippen molar-refractivity contribution in [1.82, 2.24) is 0 Å². The van der Waals surface area contributed by atoms with Crippen molar-refractivity contribution in [3.63, 3.8) is 0 Å². The lowest BCUT2D eigenvalue weighted by Crippen LogP contribution is -2.19. The molecule has 0 saturated heterocycles. The molecule has 2 rings (SSSR count). The smallest absolute Gasteiger partial charge is 0.265 e. The highest BCUT2D eigenvalue weighted by Crippen LogP contribution is 2.15. The van der Waals surface area contributed by atoms with Gasteiger partial charge in [0.2, 0.25) is 0 Å². The molecule has 0 radical (unpaired) electrons. The number of nitrogens with zero attached hydrogens (tertiary/aromatic N) is 1. The van der Waals surface area contributed by atoms with E-state index in [0.29, 0.717) is 0 Å². The molecular formula is C15H17N3O2S. The predicted octanol–water partition coefficient (Wildman–Crippen LogP) is 2.64. The first-order valence-electron chi connectivity index (χ1n) is 6.41. The number of aryl methyl sites for hydroxylation is 2. The van der Waals surface area contributed by atoms with Crippen molar-refractivity contribution in [3.05, 3.63) is 51.7 Å². The third-order valence-electron chi connectivity index (χ3n) is 2.83. The minimum Gasteiger partial charge on any atom is -0.384 e. The second-order valence-corrected chi connectivity index (χ2v) is 5.41. The lowest BCUT2D eigenvalue weighted by atomic mass is 10.1. The highest BCUT2D eigenvalue weighted by atomic mass is 32.1. The summed E-state index contributed by atoms with van der Waals surface area (Å²) in [6.07, 6.45) is 0. The summed E-state index contributed by atoms with van der Waals surface area (Å²) in [4.78, 5) is 16.7. The molecule has 0 atom stereocenters. The number of benzene rings is 1. The van der Waals surface area contributed by atoms with Crippen LogP contribution in [0, 0.1) is 13.8 Å². The zero-order valence-corrected chi connectivity index (χ0v) is 12.7. The number of carbonyl (C=O) groups excluding carboxylic acids is 1. The zero-order valence-electron chi connectivity index (χ0n) is 11.9. The number of nitrogens with two attached hydrogens (primary N) is 1. The Hall–Kier alpha value is -2.34. The van der Waals surface area contributed by atoms with Crippen LogP contribution in [0.1, 0.15) is 16.7 Å². The highest BCUT2D eigenvalue weighted by molar-refractivity contribution is 7.08. The van der Waals surface area contributed by atoms with Gasteiger partial charge in [0, 0.05) is 16.6 Å². The molecule has 0 aliphatic carbocycles. The highest BCUT2D eigenvalue weighted by Gasteiger charge is 2.06. The third kappa shape index (κ3) is 4.32. The number of nitrogens with one attached hydrogen (secondary N) is 1. The molecule has 1 aromatic heterocycles. The molecular weight excluding hydrogens is 286 g/mol. The van der Waals surface area contributed by atoms with Crippen LogP contribution in [-0.4, -0.2) is 18.3 Å². The number of amidine groups is 1. The minimum absolute atomic E-state index is 0.182. The maximum Gasteiger partial charge on any atom is 0.265 e. The first-order chi connectivity index (χ1) is 10.1. The molecule has 110 valence electrons. The molecule has 5 nitrogen and oxygen atoms in total. The molecule has 0 saturated carbocycles. The van der Waals surface area contributed by atoms with Gasteiger partial charge >= 0.3 is 0 Å². The van der Waals surface area contributed by atoms with Gasteiger partial charge in [0.15, 0.2) is 12.4 Å². The standard InChI is InChI=1S/C15H17N3O2S/c1-10-3-4-13(11(2)7-10)17-14(19)8-20-18-15(16)12-5-6-21-9-12/h3-7,9H,8H2,1-2H3,(H2,16,18)(H,17,19). The van der Waals surface area contributed by atoms with Crippen LogP contribution in [0.15, 0.2) is 40.2 Å². The van der Waals surface area contributed by atoms with Gasteiger partial charge in [-0.1, -0.05) is 22.9 Å². The number of oxime groups is 1. The first kappa shape index (κ1) is 15.1. The van der Waals surface area contributed by atoms with E-state index in [4.69, 9.17) is 10.6 Å². The Morgan fingerprint density at radius 2 is 2.19 bits per heavy atom. The lowest BCUT2D eigenvalue weighted by Gasteiger charge is -2.08. The number of hydrogen-bond donors (Lipinski definition) is 2. The zero-order chi connectivity index (χ0) is 15.2. The average Bonchev–Trinajstić information content (AvgIpc) is 2.96. The third-order valence-corrected chi connectivity index (χ3v) is 3.51. The molecule has 0 aliphatic rings. The predicted molar refractivity (Wildman–Crippen MR) is 85.5 cm³/mol. The van der Waals surface area contributed by atoms with E-state index in [0.717, 1.165) is 22.4 Å². The van der Waals surface area contributed by atoms with Crippen LogP contribution in [0.25, 0.3) is 0 Å². The van der Waals surface area contributed by atoms with Crippen LogP contribution in [0.5, 0.6) is 0 Å². The van der Waals surface area contributed by atoms with Crippen molar-refractivity contribution in [3.8, 4) is 0 Å². The van der Waals surface area contributed by atoms with Crippen molar-refractivity contribution >= 4 is 28.8 Å². The Morgan fingerprint density at radius 3 is 2.86 bits per heavy atom. The van der Waals surface area contributed by atoms with E-state index in [9.17, 15) is 4.79 Å².